The number of aliphatic hydroxyl groups excluding tert-OH is 1. The monoisotopic (exact) mass is 464 g/mol. The molecular formula is C25H28N4O5. The van der Waals surface area contributed by atoms with Gasteiger partial charge in [-0.15, -0.1) is 0 Å². The second kappa shape index (κ2) is 14.8. The van der Waals surface area contributed by atoms with Gasteiger partial charge in [0.2, 0.25) is 11.8 Å². The normalized spacial score (nSPS) is 12.5. The van der Waals surface area contributed by atoms with Crippen molar-refractivity contribution < 1.29 is 24.7 Å². The van der Waals surface area contributed by atoms with E-state index in [4.69, 9.17) is 5.21 Å². The molecule has 34 heavy (non-hydrogen) atoms. The van der Waals surface area contributed by atoms with E-state index < -0.39 is 24.0 Å². The number of carbonyl (C=O) groups is 3. The predicted molar refractivity (Wildman–Crippen MR) is 129 cm³/mol. The van der Waals surface area contributed by atoms with Crippen LogP contribution < -0.4 is 16.1 Å². The lowest BCUT2D eigenvalue weighted by atomic mass is 10.1. The summed E-state index contributed by atoms with van der Waals surface area (Å²) in [4.78, 5) is 36.8. The minimum atomic E-state index is -1.30. The number of nitrogens with zero attached hydrogens (tertiary/aromatic N) is 1. The van der Waals surface area contributed by atoms with Crippen LogP contribution in [0.5, 0.6) is 0 Å². The van der Waals surface area contributed by atoms with Gasteiger partial charge in [-0.05, 0) is 63.2 Å². The highest BCUT2D eigenvalue weighted by Crippen LogP contribution is 2.08. The minimum Gasteiger partial charge on any atom is -0.391 e. The molecule has 1 aromatic rings. The summed E-state index contributed by atoms with van der Waals surface area (Å²) in [5, 5.41) is 23.2. The Morgan fingerprint density at radius 3 is 2.41 bits per heavy atom. The minimum absolute atomic E-state index is 0.108. The second-order valence-corrected chi connectivity index (χ2v) is 7.25. The molecule has 0 aliphatic rings. The first kappa shape index (κ1) is 27.9. The molecule has 0 aliphatic carbocycles. The molecule has 0 radical (unpaired) electrons. The van der Waals surface area contributed by atoms with Crippen LogP contribution >= 0.6 is 0 Å². The molecule has 0 bridgehead atoms. The lowest BCUT2D eigenvalue weighted by Crippen LogP contribution is -2.51. The third-order valence-electron chi connectivity index (χ3n) is 4.02. The first-order valence-electron chi connectivity index (χ1n) is 10.2. The number of amides is 3. The molecule has 0 fully saturated rings. The van der Waals surface area contributed by atoms with Crippen LogP contribution in [-0.4, -0.2) is 65.7 Å². The maximum absolute atomic E-state index is 11.9. The van der Waals surface area contributed by atoms with E-state index in [1.165, 1.54) is 30.6 Å². The highest BCUT2D eigenvalue weighted by atomic mass is 16.5. The maximum Gasteiger partial charge on any atom is 0.268 e. The van der Waals surface area contributed by atoms with E-state index in [9.17, 15) is 19.5 Å². The summed E-state index contributed by atoms with van der Waals surface area (Å²) in [5.74, 6) is 9.39. The lowest BCUT2D eigenvalue weighted by molar-refractivity contribution is -0.136. The molecule has 0 heterocycles. The van der Waals surface area contributed by atoms with E-state index in [-0.39, 0.29) is 5.91 Å². The van der Waals surface area contributed by atoms with Crippen molar-refractivity contribution in [3.8, 4) is 23.7 Å². The zero-order valence-corrected chi connectivity index (χ0v) is 19.3. The summed E-state index contributed by atoms with van der Waals surface area (Å²) < 4.78 is 0. The number of allylic oxidation sites excluding steroid dienone is 4. The van der Waals surface area contributed by atoms with Crippen molar-refractivity contribution in [2.45, 2.75) is 19.1 Å². The lowest BCUT2D eigenvalue weighted by Gasteiger charge is -2.17. The number of nitrogens with one attached hydrogen (secondary N) is 3. The molecule has 178 valence electrons. The molecule has 1 aromatic carbocycles. The van der Waals surface area contributed by atoms with Crippen molar-refractivity contribution in [2.75, 3.05) is 26.0 Å². The predicted octanol–water partition coefficient (Wildman–Crippen LogP) is 0.581. The molecule has 0 aromatic heterocycles. The Labute approximate surface area is 199 Å². The fourth-order valence-electron chi connectivity index (χ4n) is 2.41. The van der Waals surface area contributed by atoms with Crippen molar-refractivity contribution >= 4 is 23.4 Å². The van der Waals surface area contributed by atoms with Gasteiger partial charge < -0.3 is 20.6 Å². The Morgan fingerprint density at radius 2 is 1.85 bits per heavy atom. The van der Waals surface area contributed by atoms with E-state index in [0.717, 1.165) is 11.6 Å². The van der Waals surface area contributed by atoms with Crippen LogP contribution in [0.1, 0.15) is 12.5 Å². The van der Waals surface area contributed by atoms with Gasteiger partial charge in [-0.3, -0.25) is 19.6 Å². The first-order valence-corrected chi connectivity index (χ1v) is 10.2. The summed E-state index contributed by atoms with van der Waals surface area (Å²) >= 11 is 0. The number of benzene rings is 1. The van der Waals surface area contributed by atoms with Gasteiger partial charge in [0.25, 0.3) is 5.91 Å². The van der Waals surface area contributed by atoms with Gasteiger partial charge in [-0.25, -0.2) is 5.48 Å². The van der Waals surface area contributed by atoms with Crippen LogP contribution in [0.3, 0.4) is 0 Å². The molecule has 3 amide bonds. The Kier molecular flexibility index (Phi) is 12.2. The highest BCUT2D eigenvalue weighted by Gasteiger charge is 2.24. The van der Waals surface area contributed by atoms with E-state index in [1.807, 2.05) is 14.1 Å². The van der Waals surface area contributed by atoms with Gasteiger partial charge in [0.05, 0.1) is 12.6 Å². The van der Waals surface area contributed by atoms with Gasteiger partial charge in [-0.2, -0.15) is 0 Å². The fourth-order valence-corrected chi connectivity index (χ4v) is 2.41. The van der Waals surface area contributed by atoms with E-state index in [0.29, 0.717) is 17.8 Å². The zero-order chi connectivity index (χ0) is 25.5. The molecular weight excluding hydrogens is 436 g/mol. The largest absolute Gasteiger partial charge is 0.391 e. The Hall–Kier alpha value is -4.15. The summed E-state index contributed by atoms with van der Waals surface area (Å²) in [6.45, 7) is 5.24. The standard InChI is InChI=1S/C25H28N4O5/c1-5-19(11-8-12-22(31)27-24(18(2)30)25(33)28-34)9-6-7-10-20-13-15-21(16-14-20)26-23(32)17-29(3)4/h5,8,11-16,18,24,30,34H,1,17H2,2-4H3,(H,26,32)(H,27,31)(H,28,33)/t18-,24?/m1/s1. The smallest absolute Gasteiger partial charge is 0.268 e. The number of hydroxylamine groups is 1. The average Bonchev–Trinajstić information content (AvgIpc) is 2.78. The van der Waals surface area contributed by atoms with E-state index >= 15 is 0 Å². The topological polar surface area (TPSA) is 131 Å². The molecule has 0 saturated heterocycles. The van der Waals surface area contributed by atoms with Crippen molar-refractivity contribution in [1.29, 1.82) is 0 Å². The van der Waals surface area contributed by atoms with Crippen LogP contribution in [0.15, 0.2) is 60.7 Å². The average molecular weight is 465 g/mol. The van der Waals surface area contributed by atoms with Crippen molar-refractivity contribution in [2.24, 2.45) is 0 Å². The summed E-state index contributed by atoms with van der Waals surface area (Å²) in [5.41, 5.74) is 3.27. The molecule has 0 saturated carbocycles. The number of hydrogen-bond acceptors (Lipinski definition) is 6. The van der Waals surface area contributed by atoms with Crippen LogP contribution in [0.4, 0.5) is 5.69 Å². The van der Waals surface area contributed by atoms with Crippen LogP contribution in [0, 0.1) is 23.7 Å². The molecule has 1 rings (SSSR count). The van der Waals surface area contributed by atoms with E-state index in [2.05, 4.69) is 40.9 Å². The number of rotatable bonds is 9. The third kappa shape index (κ3) is 10.9. The van der Waals surface area contributed by atoms with Gasteiger partial charge in [0, 0.05) is 22.9 Å². The van der Waals surface area contributed by atoms with Gasteiger partial charge in [-0.1, -0.05) is 30.6 Å². The van der Waals surface area contributed by atoms with Crippen LogP contribution in [0.2, 0.25) is 0 Å². The summed E-state index contributed by atoms with van der Waals surface area (Å²) in [7, 11) is 3.63. The van der Waals surface area contributed by atoms with Crippen molar-refractivity contribution in [3.63, 3.8) is 0 Å². The first-order chi connectivity index (χ1) is 16.2. The third-order valence-corrected chi connectivity index (χ3v) is 4.02. The van der Waals surface area contributed by atoms with Gasteiger partial charge in [0.15, 0.2) is 0 Å². The number of anilines is 1. The fraction of sp³-hybridized carbons (Fsp3) is 0.240. The number of hydrogen-bond donors (Lipinski definition) is 5. The Morgan fingerprint density at radius 1 is 1.18 bits per heavy atom. The van der Waals surface area contributed by atoms with Crippen LogP contribution in [-0.2, 0) is 14.4 Å². The SMILES string of the molecule is C=CC(C#CC#Cc1ccc(NC(=O)CN(C)C)cc1)=CC=CC(=O)NC(C(=O)NO)[C@@H](C)O. The van der Waals surface area contributed by atoms with Gasteiger partial charge >= 0.3 is 0 Å². The zero-order valence-electron chi connectivity index (χ0n) is 19.3. The van der Waals surface area contributed by atoms with Gasteiger partial charge in [0.1, 0.15) is 6.04 Å². The molecule has 0 spiro atoms. The van der Waals surface area contributed by atoms with E-state index in [1.54, 1.807) is 29.2 Å². The van der Waals surface area contributed by atoms with Crippen LogP contribution in [0.25, 0.3) is 0 Å². The highest BCUT2D eigenvalue weighted by molar-refractivity contribution is 5.93. The molecule has 0 aliphatic heterocycles. The Bertz CT molecular complexity index is 1060. The molecule has 9 heteroatoms. The number of aliphatic hydroxyl groups is 1. The number of likely N-dealkylation sites (N-methyl/N-ethyl adjacent to an activating group) is 1. The molecule has 5 N–H and O–H groups in total. The number of carbonyl (C=O) groups excluding carboxylic acids is 3. The van der Waals surface area contributed by atoms with Crippen molar-refractivity contribution in [3.05, 3.63) is 66.3 Å². The molecule has 2 atom stereocenters. The maximum atomic E-state index is 11.9. The Balaban J connectivity index is 2.72. The molecule has 1 unspecified atom stereocenters. The second-order valence-electron chi connectivity index (χ2n) is 7.25. The summed E-state index contributed by atoms with van der Waals surface area (Å²) in [6, 6.07) is 5.74. The molecule has 9 nitrogen and oxygen atoms in total. The quantitative estimate of drug-likeness (QED) is 0.119. The summed E-state index contributed by atoms with van der Waals surface area (Å²) in [6.07, 6.45) is 4.34. The van der Waals surface area contributed by atoms with Crippen molar-refractivity contribution in [1.82, 2.24) is 15.7 Å².